The third-order valence-electron chi connectivity index (χ3n) is 3.24. The molecule has 1 aromatic carbocycles. The summed E-state index contributed by atoms with van der Waals surface area (Å²) in [6, 6.07) is 11.4. The Bertz CT molecular complexity index is 630. The van der Waals surface area contributed by atoms with Gasteiger partial charge in [0.15, 0.2) is 0 Å². The van der Waals surface area contributed by atoms with Crippen molar-refractivity contribution in [2.45, 2.75) is 0 Å². The van der Waals surface area contributed by atoms with Gasteiger partial charge in [-0.2, -0.15) is 0 Å². The summed E-state index contributed by atoms with van der Waals surface area (Å²) < 4.78 is 27.5. The minimum absolute atomic E-state index is 0.114. The van der Waals surface area contributed by atoms with E-state index in [1.807, 2.05) is 48.6 Å². The quantitative estimate of drug-likeness (QED) is 0.500. The number of hydrogen-bond donors (Lipinski definition) is 1. The number of ether oxygens (including phenoxy) is 3. The van der Waals surface area contributed by atoms with Crippen LogP contribution in [0.25, 0.3) is 12.2 Å². The molecule has 0 bridgehead atoms. The van der Waals surface area contributed by atoms with Gasteiger partial charge >= 0.3 is 0 Å². The predicted octanol–water partition coefficient (Wildman–Crippen LogP) is 3.22. The molecule has 6 heteroatoms. The fraction of sp³-hybridized carbons (Fsp3) is 0.316. The maximum atomic E-state index is 11.8. The molecule has 0 fully saturated rings. The van der Waals surface area contributed by atoms with Gasteiger partial charge in [-0.05, 0) is 29.3 Å². The van der Waals surface area contributed by atoms with Crippen LogP contribution in [0.1, 0.15) is 11.1 Å². The van der Waals surface area contributed by atoms with Crippen LogP contribution >= 0.6 is 0 Å². The summed E-state index contributed by atoms with van der Waals surface area (Å²) in [5.74, 6) is 0.543. The Kier molecular flexibility index (Phi) is 8.44. The monoisotopic (exact) mass is 346 g/mol. The number of nitrogen functional groups attached to an aromatic ring is 1. The van der Waals surface area contributed by atoms with Gasteiger partial charge in [-0.1, -0.05) is 24.3 Å². The lowest BCUT2D eigenvalue weighted by Gasteiger charge is -2.06. The van der Waals surface area contributed by atoms with Crippen molar-refractivity contribution in [2.24, 2.45) is 0 Å². The Morgan fingerprint density at radius 3 is 2.16 bits per heavy atom. The first-order valence-electron chi connectivity index (χ1n) is 8.12. The molecule has 25 heavy (non-hydrogen) atoms. The van der Waals surface area contributed by atoms with E-state index in [4.69, 9.17) is 19.9 Å². The van der Waals surface area contributed by atoms with Crippen molar-refractivity contribution in [2.75, 3.05) is 45.4 Å². The number of rotatable bonds is 11. The first kappa shape index (κ1) is 18.9. The Hall–Kier alpha value is -2.44. The van der Waals surface area contributed by atoms with Gasteiger partial charge in [0, 0.05) is 18.0 Å². The highest BCUT2D eigenvalue weighted by Gasteiger charge is 1.96. The van der Waals surface area contributed by atoms with Crippen LogP contribution in [-0.2, 0) is 9.47 Å². The fourth-order valence-electron chi connectivity index (χ4n) is 1.96. The molecule has 0 aliphatic carbocycles. The highest BCUT2D eigenvalue weighted by atomic mass is 19.1. The van der Waals surface area contributed by atoms with E-state index < -0.39 is 6.67 Å². The summed E-state index contributed by atoms with van der Waals surface area (Å²) in [6.45, 7) is 1.28. The summed E-state index contributed by atoms with van der Waals surface area (Å²) in [5, 5.41) is 0. The lowest BCUT2D eigenvalue weighted by molar-refractivity contribution is 0.0320. The van der Waals surface area contributed by atoms with Crippen molar-refractivity contribution >= 4 is 17.8 Å². The summed E-state index contributed by atoms with van der Waals surface area (Å²) in [5.41, 5.74) is 8.46. The molecule has 0 amide bonds. The van der Waals surface area contributed by atoms with E-state index >= 15 is 0 Å². The number of pyridine rings is 1. The molecule has 2 N–H and O–H groups in total. The van der Waals surface area contributed by atoms with Crippen molar-refractivity contribution in [3.8, 4) is 5.88 Å². The van der Waals surface area contributed by atoms with Crippen LogP contribution in [0.15, 0.2) is 42.6 Å². The standard InChI is InChI=1S/C19H23FN2O3/c20-9-10-23-11-12-24-13-14-25-19-8-5-17(15-22-19)2-1-16-3-6-18(21)7-4-16/h1-8,15H,9-14,21H2/b2-1+. The molecule has 5 nitrogen and oxygen atoms in total. The Balaban J connectivity index is 1.66. The third kappa shape index (κ3) is 7.78. The minimum Gasteiger partial charge on any atom is -0.475 e. The molecule has 0 spiro atoms. The second kappa shape index (κ2) is 11.2. The predicted molar refractivity (Wildman–Crippen MR) is 97.1 cm³/mol. The van der Waals surface area contributed by atoms with Crippen LogP contribution in [0.5, 0.6) is 5.88 Å². The van der Waals surface area contributed by atoms with Crippen molar-refractivity contribution in [3.05, 3.63) is 53.7 Å². The number of anilines is 1. The van der Waals surface area contributed by atoms with E-state index in [2.05, 4.69) is 4.98 Å². The molecular weight excluding hydrogens is 323 g/mol. The molecule has 0 saturated carbocycles. The zero-order valence-electron chi connectivity index (χ0n) is 14.1. The van der Waals surface area contributed by atoms with Crippen LogP contribution in [0, 0.1) is 0 Å². The van der Waals surface area contributed by atoms with E-state index in [0.29, 0.717) is 32.3 Å². The molecule has 0 radical (unpaired) electrons. The second-order valence-electron chi connectivity index (χ2n) is 5.19. The largest absolute Gasteiger partial charge is 0.475 e. The Morgan fingerprint density at radius 2 is 1.48 bits per heavy atom. The number of aromatic nitrogens is 1. The van der Waals surface area contributed by atoms with Crippen molar-refractivity contribution in [1.29, 1.82) is 0 Å². The van der Waals surface area contributed by atoms with Gasteiger partial charge in [0.2, 0.25) is 5.88 Å². The molecule has 0 unspecified atom stereocenters. The number of hydrogen-bond acceptors (Lipinski definition) is 5. The Morgan fingerprint density at radius 1 is 0.840 bits per heavy atom. The third-order valence-corrected chi connectivity index (χ3v) is 3.24. The number of alkyl halides is 1. The number of halogens is 1. The first-order chi connectivity index (χ1) is 12.3. The minimum atomic E-state index is -0.472. The van der Waals surface area contributed by atoms with Gasteiger partial charge in [0.05, 0.1) is 26.4 Å². The van der Waals surface area contributed by atoms with Gasteiger partial charge in [-0.15, -0.1) is 0 Å². The SMILES string of the molecule is Nc1ccc(/C=C/c2ccc(OCCOCCOCCF)nc2)cc1. The van der Waals surface area contributed by atoms with E-state index in [-0.39, 0.29) is 6.61 Å². The summed E-state index contributed by atoms with van der Waals surface area (Å²) >= 11 is 0. The van der Waals surface area contributed by atoms with Crippen molar-refractivity contribution in [1.82, 2.24) is 4.98 Å². The number of nitrogens with two attached hydrogens (primary N) is 1. The van der Waals surface area contributed by atoms with Crippen LogP contribution in [-0.4, -0.2) is 44.7 Å². The molecular formula is C19H23FN2O3. The fourth-order valence-corrected chi connectivity index (χ4v) is 1.96. The molecule has 134 valence electrons. The summed E-state index contributed by atoms with van der Waals surface area (Å²) in [6.07, 6.45) is 5.72. The van der Waals surface area contributed by atoms with E-state index in [0.717, 1.165) is 16.8 Å². The zero-order chi connectivity index (χ0) is 17.7. The lowest BCUT2D eigenvalue weighted by Crippen LogP contribution is -2.11. The van der Waals surface area contributed by atoms with Crippen LogP contribution in [0.2, 0.25) is 0 Å². The van der Waals surface area contributed by atoms with Gasteiger partial charge in [0.1, 0.15) is 13.3 Å². The first-order valence-corrected chi connectivity index (χ1v) is 8.12. The summed E-state index contributed by atoms with van der Waals surface area (Å²) in [7, 11) is 0. The van der Waals surface area contributed by atoms with Crippen LogP contribution < -0.4 is 10.5 Å². The van der Waals surface area contributed by atoms with E-state index in [9.17, 15) is 4.39 Å². The molecule has 1 aromatic heterocycles. The van der Waals surface area contributed by atoms with Gasteiger partial charge in [0.25, 0.3) is 0 Å². The normalized spacial score (nSPS) is 11.1. The van der Waals surface area contributed by atoms with Gasteiger partial charge in [-0.25, -0.2) is 9.37 Å². The Labute approximate surface area is 147 Å². The van der Waals surface area contributed by atoms with E-state index in [1.165, 1.54) is 0 Å². The number of benzene rings is 1. The van der Waals surface area contributed by atoms with Crippen molar-refractivity contribution in [3.63, 3.8) is 0 Å². The zero-order valence-corrected chi connectivity index (χ0v) is 14.1. The maximum absolute atomic E-state index is 11.8. The lowest BCUT2D eigenvalue weighted by atomic mass is 10.1. The van der Waals surface area contributed by atoms with E-state index in [1.54, 1.807) is 6.20 Å². The van der Waals surface area contributed by atoms with Crippen LogP contribution in [0.3, 0.4) is 0 Å². The average Bonchev–Trinajstić information content (AvgIpc) is 2.64. The van der Waals surface area contributed by atoms with Crippen LogP contribution in [0.4, 0.5) is 10.1 Å². The maximum Gasteiger partial charge on any atom is 0.213 e. The number of nitrogens with zero attached hydrogens (tertiary/aromatic N) is 1. The molecule has 1 heterocycles. The van der Waals surface area contributed by atoms with Gasteiger partial charge in [-0.3, -0.25) is 0 Å². The summed E-state index contributed by atoms with van der Waals surface area (Å²) in [4.78, 5) is 4.25. The highest BCUT2D eigenvalue weighted by Crippen LogP contribution is 2.12. The van der Waals surface area contributed by atoms with Crippen molar-refractivity contribution < 1.29 is 18.6 Å². The second-order valence-corrected chi connectivity index (χ2v) is 5.19. The molecule has 2 rings (SSSR count). The average molecular weight is 346 g/mol. The molecule has 0 atom stereocenters. The molecule has 0 aliphatic heterocycles. The van der Waals surface area contributed by atoms with Gasteiger partial charge < -0.3 is 19.9 Å². The molecule has 0 saturated heterocycles. The molecule has 0 aliphatic rings. The molecule has 2 aromatic rings. The topological polar surface area (TPSA) is 66.6 Å². The smallest absolute Gasteiger partial charge is 0.213 e. The highest BCUT2D eigenvalue weighted by molar-refractivity contribution is 5.69.